The Morgan fingerprint density at radius 2 is 1.85 bits per heavy atom. The zero-order valence-electron chi connectivity index (χ0n) is 20.3. The lowest BCUT2D eigenvalue weighted by Gasteiger charge is -2.32. The molecule has 1 saturated heterocycles. The Bertz CT molecular complexity index is 1250. The lowest BCUT2D eigenvalue weighted by Crippen LogP contribution is -2.41. The van der Waals surface area contributed by atoms with E-state index in [2.05, 4.69) is 60.3 Å². The van der Waals surface area contributed by atoms with Crippen LogP contribution in [-0.4, -0.2) is 51.6 Å². The van der Waals surface area contributed by atoms with E-state index >= 15 is 0 Å². The molecule has 2 N–H and O–H groups in total. The molecule has 4 heterocycles. The van der Waals surface area contributed by atoms with Gasteiger partial charge in [-0.15, -0.1) is 0 Å². The summed E-state index contributed by atoms with van der Waals surface area (Å²) in [4.78, 5) is 12.0. The minimum absolute atomic E-state index is 0.290. The molecular formula is C25H31BN6O2. The van der Waals surface area contributed by atoms with Crippen LogP contribution >= 0.6 is 0 Å². The average Bonchev–Trinajstić information content (AvgIpc) is 3.52. The molecule has 0 spiro atoms. The van der Waals surface area contributed by atoms with E-state index in [1.165, 1.54) is 24.0 Å². The van der Waals surface area contributed by atoms with Crippen molar-refractivity contribution in [1.29, 1.82) is 0 Å². The van der Waals surface area contributed by atoms with Gasteiger partial charge in [-0.05, 0) is 64.6 Å². The number of H-pyrrole nitrogens is 1. The van der Waals surface area contributed by atoms with E-state index in [1.54, 1.807) is 0 Å². The Hall–Kier alpha value is -2.91. The molecule has 3 aliphatic rings. The third-order valence-corrected chi connectivity index (χ3v) is 7.54. The first kappa shape index (κ1) is 21.6. The van der Waals surface area contributed by atoms with E-state index in [9.17, 15) is 0 Å². The van der Waals surface area contributed by atoms with Gasteiger partial charge in [-0.1, -0.05) is 18.2 Å². The van der Waals surface area contributed by atoms with Gasteiger partial charge in [0.1, 0.15) is 5.82 Å². The van der Waals surface area contributed by atoms with Crippen LogP contribution in [0.25, 0.3) is 10.9 Å². The first-order chi connectivity index (χ1) is 16.3. The highest BCUT2D eigenvalue weighted by Gasteiger charge is 2.52. The van der Waals surface area contributed by atoms with E-state index in [0.717, 1.165) is 35.5 Å². The van der Waals surface area contributed by atoms with E-state index in [1.807, 2.05) is 24.3 Å². The average molecular weight is 458 g/mol. The summed E-state index contributed by atoms with van der Waals surface area (Å²) in [5.41, 5.74) is 2.64. The van der Waals surface area contributed by atoms with E-state index in [4.69, 9.17) is 19.3 Å². The number of nitrogens with zero attached hydrogens (tertiary/aromatic N) is 4. The zero-order chi connectivity index (χ0) is 23.5. The van der Waals surface area contributed by atoms with Crippen LogP contribution in [0.4, 0.5) is 17.6 Å². The van der Waals surface area contributed by atoms with Gasteiger partial charge in [0.2, 0.25) is 5.95 Å². The predicted molar refractivity (Wildman–Crippen MR) is 134 cm³/mol. The quantitative estimate of drug-likeness (QED) is 0.534. The van der Waals surface area contributed by atoms with Crippen LogP contribution in [0.1, 0.15) is 58.6 Å². The lowest BCUT2D eigenvalue weighted by atomic mass is 9.75. The van der Waals surface area contributed by atoms with Gasteiger partial charge in [-0.25, -0.2) is 4.98 Å². The van der Waals surface area contributed by atoms with Crippen molar-refractivity contribution in [3.8, 4) is 0 Å². The van der Waals surface area contributed by atoms with Crippen LogP contribution in [-0.2, 0) is 9.31 Å². The summed E-state index contributed by atoms with van der Waals surface area (Å²) < 4.78 is 12.5. The molecule has 0 unspecified atom stereocenters. The van der Waals surface area contributed by atoms with Crippen molar-refractivity contribution in [2.24, 2.45) is 0 Å². The standard InChI is InChI=1S/C25H31BN6O2/c1-24(2)25(3,4)34-26(33-24)17-11-13-32(14-12-17)23-27-19-8-6-5-7-18(19)22(29-23)28-21-15-20(30-31-21)16-9-10-16/h5-8,11,15-16H,9-10,12-14H2,1-4H3,(H2,27,28,29,30,31). The summed E-state index contributed by atoms with van der Waals surface area (Å²) in [6.45, 7) is 9.88. The van der Waals surface area contributed by atoms with Gasteiger partial charge in [0, 0.05) is 36.2 Å². The Labute approximate surface area is 200 Å². The van der Waals surface area contributed by atoms with E-state index in [0.29, 0.717) is 18.4 Å². The number of hydrogen-bond donors (Lipinski definition) is 2. The van der Waals surface area contributed by atoms with Crippen LogP contribution < -0.4 is 10.2 Å². The lowest BCUT2D eigenvalue weighted by molar-refractivity contribution is 0.00578. The first-order valence-corrected chi connectivity index (χ1v) is 12.2. The van der Waals surface area contributed by atoms with Crippen LogP contribution in [0.3, 0.4) is 0 Å². The van der Waals surface area contributed by atoms with Crippen molar-refractivity contribution in [1.82, 2.24) is 20.2 Å². The van der Waals surface area contributed by atoms with Gasteiger partial charge < -0.3 is 19.5 Å². The third-order valence-electron chi connectivity index (χ3n) is 7.54. The second-order valence-corrected chi connectivity index (χ2v) is 10.6. The summed E-state index contributed by atoms with van der Waals surface area (Å²) in [7, 11) is -0.290. The summed E-state index contributed by atoms with van der Waals surface area (Å²) >= 11 is 0. The molecule has 2 fully saturated rings. The van der Waals surface area contributed by atoms with Crippen molar-refractivity contribution in [3.63, 3.8) is 0 Å². The molecule has 8 nitrogen and oxygen atoms in total. The van der Waals surface area contributed by atoms with Gasteiger partial charge in [0.15, 0.2) is 5.82 Å². The van der Waals surface area contributed by atoms with Gasteiger partial charge in [-0.2, -0.15) is 10.1 Å². The van der Waals surface area contributed by atoms with Crippen LogP contribution in [0.2, 0.25) is 0 Å². The van der Waals surface area contributed by atoms with Crippen LogP contribution in [0, 0.1) is 0 Å². The van der Waals surface area contributed by atoms with Crippen molar-refractivity contribution >= 4 is 35.6 Å². The minimum atomic E-state index is -0.330. The molecule has 0 amide bonds. The molecule has 9 heteroatoms. The van der Waals surface area contributed by atoms with Crippen molar-refractivity contribution < 1.29 is 9.31 Å². The monoisotopic (exact) mass is 458 g/mol. The normalized spacial score (nSPS) is 21.7. The molecule has 0 atom stereocenters. The number of hydrogen-bond acceptors (Lipinski definition) is 7. The number of anilines is 3. The molecule has 1 aliphatic carbocycles. The van der Waals surface area contributed by atoms with Gasteiger partial charge in [0.25, 0.3) is 0 Å². The summed E-state index contributed by atoms with van der Waals surface area (Å²) in [5.74, 6) is 2.90. The summed E-state index contributed by atoms with van der Waals surface area (Å²) in [6.07, 6.45) is 5.52. The highest BCUT2D eigenvalue weighted by atomic mass is 16.7. The SMILES string of the molecule is CC1(C)OB(C2=CCN(c3nc(Nc4cc(C5CC5)[nH]n4)c4ccccc4n3)CC2)OC1(C)C. The number of fused-ring (bicyclic) bond motifs is 1. The van der Waals surface area contributed by atoms with E-state index < -0.39 is 0 Å². The fourth-order valence-corrected chi connectivity index (χ4v) is 4.50. The number of aromatic amines is 1. The smallest absolute Gasteiger partial charge is 0.400 e. The fourth-order valence-electron chi connectivity index (χ4n) is 4.50. The highest BCUT2D eigenvalue weighted by molar-refractivity contribution is 6.54. The Morgan fingerprint density at radius 3 is 2.56 bits per heavy atom. The molecule has 1 saturated carbocycles. The molecular weight excluding hydrogens is 427 g/mol. The first-order valence-electron chi connectivity index (χ1n) is 12.2. The topological polar surface area (TPSA) is 88.2 Å². The van der Waals surface area contributed by atoms with Gasteiger partial charge in [0.05, 0.1) is 16.7 Å². The number of benzene rings is 1. The largest absolute Gasteiger partial charge is 0.490 e. The fraction of sp³-hybridized carbons (Fsp3) is 0.480. The number of aromatic nitrogens is 4. The third kappa shape index (κ3) is 3.86. The molecule has 176 valence electrons. The Morgan fingerprint density at radius 1 is 1.09 bits per heavy atom. The molecule has 2 aliphatic heterocycles. The second-order valence-electron chi connectivity index (χ2n) is 10.6. The zero-order valence-corrected chi connectivity index (χ0v) is 20.3. The number of para-hydroxylation sites is 1. The van der Waals surface area contributed by atoms with Crippen LogP contribution in [0.15, 0.2) is 41.9 Å². The van der Waals surface area contributed by atoms with E-state index in [-0.39, 0.29) is 18.3 Å². The van der Waals surface area contributed by atoms with Gasteiger partial charge in [-0.3, -0.25) is 5.10 Å². The van der Waals surface area contributed by atoms with Crippen molar-refractivity contribution in [2.45, 2.75) is 64.1 Å². The number of nitrogens with one attached hydrogen (secondary N) is 2. The highest BCUT2D eigenvalue weighted by Crippen LogP contribution is 2.41. The van der Waals surface area contributed by atoms with Crippen molar-refractivity contribution in [2.75, 3.05) is 23.3 Å². The molecule has 2 aromatic heterocycles. The summed E-state index contributed by atoms with van der Waals surface area (Å²) in [5, 5.41) is 12.0. The summed E-state index contributed by atoms with van der Waals surface area (Å²) in [6, 6.07) is 10.2. The molecule has 34 heavy (non-hydrogen) atoms. The Kier molecular flexibility index (Phi) is 4.97. The molecule has 1 aromatic carbocycles. The number of rotatable bonds is 5. The van der Waals surface area contributed by atoms with Gasteiger partial charge >= 0.3 is 7.12 Å². The second kappa shape index (κ2) is 7.82. The maximum absolute atomic E-state index is 6.25. The van der Waals surface area contributed by atoms with Crippen molar-refractivity contribution in [3.05, 3.63) is 47.6 Å². The minimum Gasteiger partial charge on any atom is -0.400 e. The predicted octanol–water partition coefficient (Wildman–Crippen LogP) is 4.74. The van der Waals surface area contributed by atoms with Crippen LogP contribution in [0.5, 0.6) is 0 Å². The molecule has 3 aromatic rings. The molecule has 6 rings (SSSR count). The molecule has 0 radical (unpaired) electrons. The maximum atomic E-state index is 6.25. The maximum Gasteiger partial charge on any atom is 0.490 e. The molecule has 0 bridgehead atoms. The Balaban J connectivity index is 1.24.